The highest BCUT2D eigenvalue weighted by Gasteiger charge is 2.22. The van der Waals surface area contributed by atoms with E-state index < -0.39 is 21.7 Å². The molecule has 0 radical (unpaired) electrons. The number of carbonyl (C=O) groups is 1. The number of nitrogens with zero attached hydrogens (tertiary/aromatic N) is 1. The standard InChI is InChI=1S/C12H26N2O4S/c1-7-8-19(16,17)14(6)9-10(2)13-11(15)18-12(3,4)5/h10H,7-9H2,1-6H3,(H,13,15)/t10-/m0/s1. The third-order valence-electron chi connectivity index (χ3n) is 2.23. The highest BCUT2D eigenvalue weighted by atomic mass is 32.2. The van der Waals surface area contributed by atoms with Gasteiger partial charge in [-0.25, -0.2) is 17.5 Å². The molecule has 1 amide bonds. The maximum Gasteiger partial charge on any atom is 0.407 e. The van der Waals surface area contributed by atoms with Crippen LogP contribution in [0.1, 0.15) is 41.0 Å². The number of ether oxygens (including phenoxy) is 1. The van der Waals surface area contributed by atoms with Crippen LogP contribution in [0.25, 0.3) is 0 Å². The van der Waals surface area contributed by atoms with Gasteiger partial charge in [-0.2, -0.15) is 0 Å². The Balaban J connectivity index is 4.32. The van der Waals surface area contributed by atoms with Crippen molar-refractivity contribution in [2.75, 3.05) is 19.3 Å². The summed E-state index contributed by atoms with van der Waals surface area (Å²) in [4.78, 5) is 11.5. The van der Waals surface area contributed by atoms with Gasteiger partial charge >= 0.3 is 6.09 Å². The number of likely N-dealkylation sites (N-methyl/N-ethyl adjacent to an activating group) is 1. The molecule has 0 aromatic carbocycles. The first-order valence-electron chi connectivity index (χ1n) is 6.41. The van der Waals surface area contributed by atoms with Gasteiger partial charge in [0, 0.05) is 19.6 Å². The minimum absolute atomic E-state index is 0.114. The van der Waals surface area contributed by atoms with E-state index in [2.05, 4.69) is 5.32 Å². The Morgan fingerprint density at radius 1 is 1.37 bits per heavy atom. The van der Waals surface area contributed by atoms with Crippen molar-refractivity contribution in [1.29, 1.82) is 0 Å². The van der Waals surface area contributed by atoms with E-state index in [-0.39, 0.29) is 18.3 Å². The zero-order chi connectivity index (χ0) is 15.3. The minimum Gasteiger partial charge on any atom is -0.444 e. The summed E-state index contributed by atoms with van der Waals surface area (Å²) < 4.78 is 29.9. The number of hydrogen-bond donors (Lipinski definition) is 1. The summed E-state index contributed by atoms with van der Waals surface area (Å²) in [6, 6.07) is -0.313. The van der Waals surface area contributed by atoms with Crippen molar-refractivity contribution in [1.82, 2.24) is 9.62 Å². The van der Waals surface area contributed by atoms with Gasteiger partial charge in [0.15, 0.2) is 0 Å². The Hall–Kier alpha value is -0.820. The number of alkyl carbamates (subject to hydrolysis) is 1. The van der Waals surface area contributed by atoms with E-state index in [1.807, 2.05) is 6.92 Å². The first-order chi connectivity index (χ1) is 8.48. The van der Waals surface area contributed by atoms with E-state index in [4.69, 9.17) is 4.74 Å². The maximum atomic E-state index is 11.8. The highest BCUT2D eigenvalue weighted by Crippen LogP contribution is 2.07. The Morgan fingerprint density at radius 3 is 2.32 bits per heavy atom. The van der Waals surface area contributed by atoms with Gasteiger partial charge in [0.05, 0.1) is 5.75 Å². The lowest BCUT2D eigenvalue weighted by molar-refractivity contribution is 0.0504. The smallest absolute Gasteiger partial charge is 0.407 e. The van der Waals surface area contributed by atoms with Crippen LogP contribution in [-0.2, 0) is 14.8 Å². The van der Waals surface area contributed by atoms with Crippen LogP contribution in [0.3, 0.4) is 0 Å². The van der Waals surface area contributed by atoms with Crippen LogP contribution in [0, 0.1) is 0 Å². The topological polar surface area (TPSA) is 75.7 Å². The number of sulfonamides is 1. The fourth-order valence-corrected chi connectivity index (χ4v) is 2.75. The van der Waals surface area contributed by atoms with Crippen molar-refractivity contribution in [3.63, 3.8) is 0 Å². The molecule has 114 valence electrons. The third-order valence-corrected chi connectivity index (χ3v) is 4.25. The molecule has 0 heterocycles. The molecule has 1 atom stereocenters. The van der Waals surface area contributed by atoms with Crippen LogP contribution < -0.4 is 5.32 Å². The molecule has 0 aromatic rings. The van der Waals surface area contributed by atoms with Gasteiger partial charge in [0.1, 0.15) is 5.60 Å². The van der Waals surface area contributed by atoms with Crippen molar-refractivity contribution >= 4 is 16.1 Å². The largest absolute Gasteiger partial charge is 0.444 e. The summed E-state index contributed by atoms with van der Waals surface area (Å²) in [7, 11) is -1.72. The van der Waals surface area contributed by atoms with Crippen LogP contribution in [0.4, 0.5) is 4.79 Å². The molecule has 0 spiro atoms. The summed E-state index contributed by atoms with van der Waals surface area (Å²) in [5, 5.41) is 2.61. The molecule has 1 N–H and O–H groups in total. The van der Waals surface area contributed by atoms with Crippen molar-refractivity contribution in [3.8, 4) is 0 Å². The molecule has 0 unspecified atom stereocenters. The average Bonchev–Trinajstić information content (AvgIpc) is 2.13. The van der Waals surface area contributed by atoms with Gasteiger partial charge in [-0.05, 0) is 34.1 Å². The Bertz CT molecular complexity index is 387. The van der Waals surface area contributed by atoms with E-state index in [0.29, 0.717) is 6.42 Å². The third kappa shape index (κ3) is 8.05. The molecular formula is C12H26N2O4S. The number of amides is 1. The van der Waals surface area contributed by atoms with Gasteiger partial charge in [0.25, 0.3) is 0 Å². The van der Waals surface area contributed by atoms with E-state index in [0.717, 1.165) is 0 Å². The van der Waals surface area contributed by atoms with E-state index in [9.17, 15) is 13.2 Å². The molecule has 0 aliphatic heterocycles. The summed E-state index contributed by atoms with van der Waals surface area (Å²) in [6.07, 6.45) is 0.0295. The zero-order valence-electron chi connectivity index (χ0n) is 12.7. The number of rotatable bonds is 6. The first-order valence-corrected chi connectivity index (χ1v) is 8.02. The van der Waals surface area contributed by atoms with Crippen LogP contribution in [-0.4, -0.2) is 49.8 Å². The van der Waals surface area contributed by atoms with E-state index in [1.54, 1.807) is 27.7 Å². The van der Waals surface area contributed by atoms with Gasteiger partial charge in [-0.3, -0.25) is 0 Å². The van der Waals surface area contributed by atoms with Crippen molar-refractivity contribution < 1.29 is 17.9 Å². The fraction of sp³-hybridized carbons (Fsp3) is 0.917. The summed E-state index contributed by atoms with van der Waals surface area (Å²) >= 11 is 0. The lowest BCUT2D eigenvalue weighted by Crippen LogP contribution is -2.44. The Labute approximate surface area is 116 Å². The minimum atomic E-state index is -3.24. The van der Waals surface area contributed by atoms with Crippen molar-refractivity contribution in [2.24, 2.45) is 0 Å². The van der Waals surface area contributed by atoms with Gasteiger partial charge in [-0.1, -0.05) is 6.92 Å². The summed E-state index contributed by atoms with van der Waals surface area (Å²) in [5.74, 6) is 0.114. The molecule has 0 bridgehead atoms. The molecule has 0 saturated heterocycles. The fourth-order valence-electron chi connectivity index (χ4n) is 1.47. The highest BCUT2D eigenvalue weighted by molar-refractivity contribution is 7.89. The lowest BCUT2D eigenvalue weighted by atomic mass is 10.2. The second-order valence-corrected chi connectivity index (χ2v) is 7.84. The zero-order valence-corrected chi connectivity index (χ0v) is 13.5. The monoisotopic (exact) mass is 294 g/mol. The first kappa shape index (κ1) is 18.2. The number of carbonyl (C=O) groups excluding carboxylic acids is 1. The maximum absolute atomic E-state index is 11.8. The SMILES string of the molecule is CCCS(=O)(=O)N(C)C[C@H](C)NC(=O)OC(C)(C)C. The van der Waals surface area contributed by atoms with Crippen LogP contribution in [0.2, 0.25) is 0 Å². The van der Waals surface area contributed by atoms with Gasteiger partial charge in [-0.15, -0.1) is 0 Å². The Kier molecular flexibility index (Phi) is 6.79. The number of hydrogen-bond acceptors (Lipinski definition) is 4. The molecule has 19 heavy (non-hydrogen) atoms. The average molecular weight is 294 g/mol. The van der Waals surface area contributed by atoms with Crippen molar-refractivity contribution in [3.05, 3.63) is 0 Å². The predicted molar refractivity (Wildman–Crippen MR) is 75.5 cm³/mol. The lowest BCUT2D eigenvalue weighted by Gasteiger charge is -2.24. The van der Waals surface area contributed by atoms with Crippen molar-refractivity contribution in [2.45, 2.75) is 52.7 Å². The Morgan fingerprint density at radius 2 is 1.89 bits per heavy atom. The molecule has 7 heteroatoms. The second-order valence-electron chi connectivity index (χ2n) is 5.64. The van der Waals surface area contributed by atoms with E-state index >= 15 is 0 Å². The molecule has 0 fully saturated rings. The quantitative estimate of drug-likeness (QED) is 0.807. The number of nitrogens with one attached hydrogen (secondary N) is 1. The second kappa shape index (κ2) is 7.09. The molecule has 0 aliphatic rings. The summed E-state index contributed by atoms with van der Waals surface area (Å²) in [6.45, 7) is 9.09. The van der Waals surface area contributed by atoms with Crippen LogP contribution in [0.15, 0.2) is 0 Å². The van der Waals surface area contributed by atoms with Crippen LogP contribution >= 0.6 is 0 Å². The van der Waals surface area contributed by atoms with Gasteiger partial charge < -0.3 is 10.1 Å². The molecule has 0 saturated carbocycles. The molecular weight excluding hydrogens is 268 g/mol. The molecule has 0 aromatic heterocycles. The van der Waals surface area contributed by atoms with E-state index in [1.165, 1.54) is 11.4 Å². The van der Waals surface area contributed by atoms with Gasteiger partial charge in [0.2, 0.25) is 10.0 Å². The molecule has 6 nitrogen and oxygen atoms in total. The normalized spacial score (nSPS) is 14.3. The molecule has 0 aliphatic carbocycles. The van der Waals surface area contributed by atoms with Crippen LogP contribution in [0.5, 0.6) is 0 Å². The summed E-state index contributed by atoms with van der Waals surface area (Å²) in [5.41, 5.74) is -0.565. The molecule has 0 rings (SSSR count). The predicted octanol–water partition coefficient (Wildman–Crippen LogP) is 1.57.